The van der Waals surface area contributed by atoms with E-state index in [4.69, 9.17) is 4.74 Å². The zero-order valence-corrected chi connectivity index (χ0v) is 12.8. The Morgan fingerprint density at radius 2 is 2.10 bits per heavy atom. The molecule has 0 bridgehead atoms. The van der Waals surface area contributed by atoms with Crippen LogP contribution < -0.4 is 15.0 Å². The van der Waals surface area contributed by atoms with E-state index in [1.165, 1.54) is 5.56 Å². The van der Waals surface area contributed by atoms with E-state index in [0.717, 1.165) is 17.9 Å². The van der Waals surface area contributed by atoms with Crippen molar-refractivity contribution in [3.8, 4) is 5.75 Å². The zero-order chi connectivity index (χ0) is 14.7. The first-order chi connectivity index (χ1) is 9.51. The minimum atomic E-state index is 0.0329. The van der Waals surface area contributed by atoms with Crippen LogP contribution in [-0.4, -0.2) is 31.1 Å². The van der Waals surface area contributed by atoms with Crippen LogP contribution in [0.4, 0.5) is 5.69 Å². The van der Waals surface area contributed by atoms with Gasteiger partial charge in [0.05, 0.1) is 5.69 Å². The van der Waals surface area contributed by atoms with Gasteiger partial charge >= 0.3 is 0 Å². The maximum atomic E-state index is 11.9. The van der Waals surface area contributed by atoms with Crippen LogP contribution in [0.25, 0.3) is 0 Å². The van der Waals surface area contributed by atoms with E-state index >= 15 is 0 Å². The molecule has 1 amide bonds. The van der Waals surface area contributed by atoms with Gasteiger partial charge in [-0.25, -0.2) is 0 Å². The topological polar surface area (TPSA) is 41.6 Å². The second-order valence-corrected chi connectivity index (χ2v) is 5.66. The molecule has 0 fully saturated rings. The number of nitrogens with one attached hydrogen (secondary N) is 1. The molecule has 1 N–H and O–H groups in total. The minimum absolute atomic E-state index is 0.0329. The molecule has 1 unspecified atom stereocenters. The Kier molecular flexibility index (Phi) is 4.65. The number of hydrogen-bond donors (Lipinski definition) is 1. The molecule has 20 heavy (non-hydrogen) atoms. The van der Waals surface area contributed by atoms with E-state index in [1.54, 1.807) is 4.90 Å². The summed E-state index contributed by atoms with van der Waals surface area (Å²) < 4.78 is 5.49. The van der Waals surface area contributed by atoms with E-state index in [-0.39, 0.29) is 12.5 Å². The van der Waals surface area contributed by atoms with Crippen molar-refractivity contribution in [3.05, 3.63) is 23.8 Å². The predicted octanol–water partition coefficient (Wildman–Crippen LogP) is 2.36. The van der Waals surface area contributed by atoms with E-state index in [1.807, 2.05) is 13.0 Å². The molecule has 0 radical (unpaired) electrons. The van der Waals surface area contributed by atoms with Gasteiger partial charge in [-0.15, -0.1) is 0 Å². The van der Waals surface area contributed by atoms with Crippen molar-refractivity contribution < 1.29 is 9.53 Å². The third-order valence-electron chi connectivity index (χ3n) is 3.44. The molecule has 1 aliphatic rings. The van der Waals surface area contributed by atoms with Gasteiger partial charge in [-0.1, -0.05) is 19.9 Å². The predicted molar refractivity (Wildman–Crippen MR) is 81.4 cm³/mol. The van der Waals surface area contributed by atoms with Crippen LogP contribution in [-0.2, 0) is 11.2 Å². The Bertz CT molecular complexity index is 485. The van der Waals surface area contributed by atoms with Crippen molar-refractivity contribution in [1.82, 2.24) is 5.32 Å². The summed E-state index contributed by atoms with van der Waals surface area (Å²) in [6, 6.07) is 7.01. The molecule has 1 aliphatic heterocycles. The monoisotopic (exact) mass is 276 g/mol. The highest BCUT2D eigenvalue weighted by atomic mass is 16.5. The minimum Gasteiger partial charge on any atom is -0.482 e. The lowest BCUT2D eigenvalue weighted by atomic mass is 10.0. The van der Waals surface area contributed by atoms with Gasteiger partial charge in [0, 0.05) is 18.6 Å². The number of carbonyl (C=O) groups is 1. The van der Waals surface area contributed by atoms with Crippen molar-refractivity contribution in [2.45, 2.75) is 46.2 Å². The molecule has 1 atom stereocenters. The van der Waals surface area contributed by atoms with E-state index in [9.17, 15) is 4.79 Å². The lowest BCUT2D eigenvalue weighted by Gasteiger charge is -2.29. The average molecular weight is 276 g/mol. The third-order valence-corrected chi connectivity index (χ3v) is 3.44. The molecular weight excluding hydrogens is 252 g/mol. The maximum absolute atomic E-state index is 11.9. The van der Waals surface area contributed by atoms with Gasteiger partial charge in [0.2, 0.25) is 0 Å². The largest absolute Gasteiger partial charge is 0.482 e. The molecule has 0 aromatic heterocycles. The molecule has 1 aromatic rings. The number of nitrogens with zero attached hydrogens (tertiary/aromatic N) is 1. The van der Waals surface area contributed by atoms with Crippen LogP contribution in [0, 0.1) is 0 Å². The van der Waals surface area contributed by atoms with Crippen molar-refractivity contribution in [3.63, 3.8) is 0 Å². The van der Waals surface area contributed by atoms with Gasteiger partial charge < -0.3 is 15.0 Å². The SMILES string of the molecule is CCN1C(=O)COc2ccc(CC(C)NC(C)C)cc21. The van der Waals surface area contributed by atoms with E-state index in [0.29, 0.717) is 18.6 Å². The summed E-state index contributed by atoms with van der Waals surface area (Å²) in [6.07, 6.45) is 0.942. The third kappa shape index (κ3) is 3.31. The Labute approximate surface area is 121 Å². The number of carbonyl (C=O) groups excluding carboxylic acids is 1. The standard InChI is InChI=1S/C16H24N2O2/c1-5-18-14-9-13(8-12(4)17-11(2)3)6-7-15(14)20-10-16(18)19/h6-7,9,11-12,17H,5,8,10H2,1-4H3. The Morgan fingerprint density at radius 3 is 2.75 bits per heavy atom. The highest BCUT2D eigenvalue weighted by Gasteiger charge is 2.24. The molecule has 0 aliphatic carbocycles. The normalized spacial score (nSPS) is 16.1. The van der Waals surface area contributed by atoms with Crippen LogP contribution in [0.1, 0.15) is 33.3 Å². The number of hydrogen-bond acceptors (Lipinski definition) is 3. The van der Waals surface area contributed by atoms with Crippen molar-refractivity contribution >= 4 is 11.6 Å². The van der Waals surface area contributed by atoms with Gasteiger partial charge in [-0.2, -0.15) is 0 Å². The summed E-state index contributed by atoms with van der Waals surface area (Å²) in [6.45, 7) is 9.29. The number of likely N-dealkylation sites (N-methyl/N-ethyl adjacent to an activating group) is 1. The first kappa shape index (κ1) is 14.9. The summed E-state index contributed by atoms with van der Waals surface area (Å²) in [4.78, 5) is 13.7. The van der Waals surface area contributed by atoms with E-state index < -0.39 is 0 Å². The van der Waals surface area contributed by atoms with Crippen LogP contribution in [0.3, 0.4) is 0 Å². The van der Waals surface area contributed by atoms with Crippen molar-refractivity contribution in [2.75, 3.05) is 18.1 Å². The lowest BCUT2D eigenvalue weighted by molar-refractivity contribution is -0.121. The fourth-order valence-corrected chi connectivity index (χ4v) is 2.70. The maximum Gasteiger partial charge on any atom is 0.265 e. The summed E-state index contributed by atoms with van der Waals surface area (Å²) >= 11 is 0. The zero-order valence-electron chi connectivity index (χ0n) is 12.8. The average Bonchev–Trinajstić information content (AvgIpc) is 2.37. The second-order valence-electron chi connectivity index (χ2n) is 5.66. The highest BCUT2D eigenvalue weighted by molar-refractivity contribution is 5.97. The summed E-state index contributed by atoms with van der Waals surface area (Å²) in [5, 5.41) is 3.49. The number of rotatable bonds is 5. The number of anilines is 1. The fraction of sp³-hybridized carbons (Fsp3) is 0.562. The van der Waals surface area contributed by atoms with Crippen molar-refractivity contribution in [1.29, 1.82) is 0 Å². The smallest absolute Gasteiger partial charge is 0.265 e. The van der Waals surface area contributed by atoms with Gasteiger partial charge in [-0.3, -0.25) is 4.79 Å². The first-order valence-corrected chi connectivity index (χ1v) is 7.33. The summed E-state index contributed by atoms with van der Waals surface area (Å²) in [7, 11) is 0. The Hall–Kier alpha value is -1.55. The molecule has 1 aromatic carbocycles. The number of fused-ring (bicyclic) bond motifs is 1. The molecule has 4 nitrogen and oxygen atoms in total. The van der Waals surface area contributed by atoms with Gasteiger partial charge in [0.25, 0.3) is 5.91 Å². The quantitative estimate of drug-likeness (QED) is 0.897. The molecule has 0 spiro atoms. The van der Waals surface area contributed by atoms with Crippen LogP contribution in [0.5, 0.6) is 5.75 Å². The second kappa shape index (κ2) is 6.27. The molecule has 2 rings (SSSR count). The number of benzene rings is 1. The van der Waals surface area contributed by atoms with Gasteiger partial charge in [-0.05, 0) is 38.0 Å². The van der Waals surface area contributed by atoms with Crippen LogP contribution in [0.15, 0.2) is 18.2 Å². The van der Waals surface area contributed by atoms with Crippen LogP contribution >= 0.6 is 0 Å². The number of amides is 1. The molecule has 0 saturated heterocycles. The molecule has 4 heteroatoms. The number of ether oxygens (including phenoxy) is 1. The molecule has 110 valence electrons. The fourth-order valence-electron chi connectivity index (χ4n) is 2.70. The highest BCUT2D eigenvalue weighted by Crippen LogP contribution is 2.33. The van der Waals surface area contributed by atoms with E-state index in [2.05, 4.69) is 38.2 Å². The van der Waals surface area contributed by atoms with Gasteiger partial charge in [0.15, 0.2) is 6.61 Å². The Morgan fingerprint density at radius 1 is 1.35 bits per heavy atom. The Balaban J connectivity index is 2.18. The molecule has 1 heterocycles. The van der Waals surface area contributed by atoms with Crippen LogP contribution in [0.2, 0.25) is 0 Å². The lowest BCUT2D eigenvalue weighted by Crippen LogP contribution is -2.38. The van der Waals surface area contributed by atoms with Gasteiger partial charge in [0.1, 0.15) is 5.75 Å². The summed E-state index contributed by atoms with van der Waals surface area (Å²) in [5.74, 6) is 0.838. The summed E-state index contributed by atoms with van der Waals surface area (Å²) in [5.41, 5.74) is 2.12. The van der Waals surface area contributed by atoms with Crippen molar-refractivity contribution in [2.24, 2.45) is 0 Å². The first-order valence-electron chi connectivity index (χ1n) is 7.33. The molecular formula is C16H24N2O2. The molecule has 0 saturated carbocycles.